The van der Waals surface area contributed by atoms with Gasteiger partial charge in [-0.15, -0.1) is 0 Å². The lowest BCUT2D eigenvalue weighted by Gasteiger charge is -2.25. The lowest BCUT2D eigenvalue weighted by Crippen LogP contribution is -2.40. The highest BCUT2D eigenvalue weighted by atomic mass is 32.1. The molecule has 0 fully saturated rings. The van der Waals surface area contributed by atoms with E-state index in [1.165, 1.54) is 28.0 Å². The van der Waals surface area contributed by atoms with Crippen LogP contribution in [0.25, 0.3) is 6.08 Å². The molecule has 9 nitrogen and oxygen atoms in total. The van der Waals surface area contributed by atoms with Crippen LogP contribution in [0.3, 0.4) is 0 Å². The van der Waals surface area contributed by atoms with Crippen LogP contribution in [0.4, 0.5) is 5.69 Å². The Morgan fingerprint density at radius 3 is 2.44 bits per heavy atom. The lowest BCUT2D eigenvalue weighted by atomic mass is 9.96. The molecule has 1 aromatic heterocycles. The largest absolute Gasteiger partial charge is 0.494 e. The summed E-state index contributed by atoms with van der Waals surface area (Å²) in [5, 5.41) is 11.0. The van der Waals surface area contributed by atoms with Gasteiger partial charge in [0.15, 0.2) is 4.80 Å². The summed E-state index contributed by atoms with van der Waals surface area (Å²) in [7, 11) is 0. The van der Waals surface area contributed by atoms with E-state index in [1.807, 2.05) is 19.1 Å². The minimum absolute atomic E-state index is 0.0342. The van der Waals surface area contributed by atoms with Crippen LogP contribution in [0, 0.1) is 10.1 Å². The number of nitro groups is 1. The second kappa shape index (κ2) is 10.3. The average molecular weight is 508 g/mol. The van der Waals surface area contributed by atoms with Gasteiger partial charge in [0, 0.05) is 12.1 Å². The SMILES string of the molecule is CCOc1ccc([C@H]2C(C(=O)OC(C)C)=C(C)N=c3s/c(=C/c4ccc([N+](=O)[O-])cc4)c(=O)n32)cc1. The summed E-state index contributed by atoms with van der Waals surface area (Å²) in [5.41, 5.74) is 1.77. The monoisotopic (exact) mass is 507 g/mol. The molecule has 0 radical (unpaired) electrons. The zero-order chi connectivity index (χ0) is 26.0. The Labute approximate surface area is 210 Å². The molecule has 4 rings (SSSR count). The summed E-state index contributed by atoms with van der Waals surface area (Å²) in [6.07, 6.45) is 1.32. The van der Waals surface area contributed by atoms with Gasteiger partial charge in [-0.05, 0) is 69.2 Å². The maximum Gasteiger partial charge on any atom is 0.338 e. The van der Waals surface area contributed by atoms with Gasteiger partial charge in [-0.25, -0.2) is 9.79 Å². The normalized spacial score (nSPS) is 15.5. The van der Waals surface area contributed by atoms with E-state index in [9.17, 15) is 19.7 Å². The number of allylic oxidation sites excluding steroid dienone is 1. The van der Waals surface area contributed by atoms with Crippen LogP contribution in [0.15, 0.2) is 69.6 Å². The Bertz CT molecular complexity index is 1520. The number of non-ortho nitro benzene ring substituents is 1. The molecule has 1 atom stereocenters. The maximum absolute atomic E-state index is 13.6. The van der Waals surface area contributed by atoms with Gasteiger partial charge in [0.25, 0.3) is 11.2 Å². The predicted molar refractivity (Wildman–Crippen MR) is 136 cm³/mol. The Hall–Kier alpha value is -4.05. The number of esters is 1. The third-order valence-corrected chi connectivity index (χ3v) is 6.48. The van der Waals surface area contributed by atoms with Crippen LogP contribution in [-0.4, -0.2) is 28.2 Å². The molecule has 186 valence electrons. The quantitative estimate of drug-likeness (QED) is 0.275. The van der Waals surface area contributed by atoms with E-state index in [2.05, 4.69) is 4.99 Å². The van der Waals surface area contributed by atoms with Gasteiger partial charge < -0.3 is 9.47 Å². The third-order valence-electron chi connectivity index (χ3n) is 5.49. The van der Waals surface area contributed by atoms with Crippen molar-refractivity contribution in [1.29, 1.82) is 0 Å². The molecule has 2 heterocycles. The molecule has 0 saturated heterocycles. The zero-order valence-electron chi connectivity index (χ0n) is 20.3. The molecule has 36 heavy (non-hydrogen) atoms. The Morgan fingerprint density at radius 1 is 1.19 bits per heavy atom. The average Bonchev–Trinajstić information content (AvgIpc) is 3.13. The van der Waals surface area contributed by atoms with Gasteiger partial charge in [-0.3, -0.25) is 19.5 Å². The topological polar surface area (TPSA) is 113 Å². The van der Waals surface area contributed by atoms with Crippen LogP contribution in [0.1, 0.15) is 44.9 Å². The van der Waals surface area contributed by atoms with Crippen LogP contribution in [-0.2, 0) is 9.53 Å². The fraction of sp³-hybridized carbons (Fsp3) is 0.269. The first kappa shape index (κ1) is 25.1. The molecule has 10 heteroatoms. The summed E-state index contributed by atoms with van der Waals surface area (Å²) in [6, 6.07) is 12.4. The van der Waals surface area contributed by atoms with Gasteiger partial charge in [0.1, 0.15) is 5.75 Å². The number of hydrogen-bond donors (Lipinski definition) is 0. The molecule has 0 bridgehead atoms. The molecule has 0 spiro atoms. The van der Waals surface area contributed by atoms with Crippen molar-refractivity contribution >= 4 is 29.1 Å². The number of nitrogens with zero attached hydrogens (tertiary/aromatic N) is 3. The molecule has 3 aromatic rings. The van der Waals surface area contributed by atoms with E-state index >= 15 is 0 Å². The second-order valence-electron chi connectivity index (χ2n) is 8.39. The van der Waals surface area contributed by atoms with E-state index in [1.54, 1.807) is 51.1 Å². The smallest absolute Gasteiger partial charge is 0.338 e. The molecule has 1 aliphatic heterocycles. The van der Waals surface area contributed by atoms with Crippen LogP contribution < -0.4 is 19.6 Å². The standard InChI is InChI=1S/C26H25N3O6S/c1-5-34-20-12-8-18(9-13-20)23-22(25(31)35-15(2)3)16(4)27-26-28(23)24(30)21(36-26)14-17-6-10-19(11-7-17)29(32)33/h6-15,23H,5H2,1-4H3/b21-14+/t23-/m0/s1. The van der Waals surface area contributed by atoms with E-state index < -0.39 is 16.9 Å². The number of ether oxygens (including phenoxy) is 2. The van der Waals surface area contributed by atoms with Gasteiger partial charge in [0.2, 0.25) is 0 Å². The van der Waals surface area contributed by atoms with Crippen LogP contribution in [0.5, 0.6) is 5.75 Å². The van der Waals surface area contributed by atoms with Crippen molar-refractivity contribution in [3.05, 3.63) is 101 Å². The summed E-state index contributed by atoms with van der Waals surface area (Å²) in [6.45, 7) is 7.66. The molecule has 2 aromatic carbocycles. The molecule has 0 N–H and O–H groups in total. The van der Waals surface area contributed by atoms with Crippen LogP contribution in [0.2, 0.25) is 0 Å². The Morgan fingerprint density at radius 2 is 1.86 bits per heavy atom. The first-order valence-corrected chi connectivity index (χ1v) is 12.2. The number of benzene rings is 2. The summed E-state index contributed by atoms with van der Waals surface area (Å²) < 4.78 is 12.9. The summed E-state index contributed by atoms with van der Waals surface area (Å²) in [5.74, 6) is 0.147. The number of fused-ring (bicyclic) bond motifs is 1. The number of rotatable bonds is 7. The predicted octanol–water partition coefficient (Wildman–Crippen LogP) is 3.49. The Balaban J connectivity index is 1.88. The second-order valence-corrected chi connectivity index (χ2v) is 9.40. The van der Waals surface area contributed by atoms with Crippen LogP contribution >= 0.6 is 11.3 Å². The number of carbonyl (C=O) groups is 1. The number of nitro benzene ring substituents is 1. The number of aromatic nitrogens is 1. The van der Waals surface area contributed by atoms with Gasteiger partial charge in [-0.1, -0.05) is 23.5 Å². The van der Waals surface area contributed by atoms with Crippen molar-refractivity contribution in [3.63, 3.8) is 0 Å². The first-order chi connectivity index (χ1) is 17.2. The van der Waals surface area contributed by atoms with E-state index in [4.69, 9.17) is 9.47 Å². The van der Waals surface area contributed by atoms with Gasteiger partial charge in [0.05, 0.1) is 39.5 Å². The van der Waals surface area contributed by atoms with Crippen molar-refractivity contribution in [2.75, 3.05) is 6.61 Å². The van der Waals surface area contributed by atoms with Crippen molar-refractivity contribution in [2.24, 2.45) is 4.99 Å². The molecular weight excluding hydrogens is 482 g/mol. The third kappa shape index (κ3) is 4.99. The highest BCUT2D eigenvalue weighted by Gasteiger charge is 2.33. The zero-order valence-corrected chi connectivity index (χ0v) is 21.1. The highest BCUT2D eigenvalue weighted by molar-refractivity contribution is 7.07. The number of thiazole rings is 1. The van der Waals surface area contributed by atoms with Crippen molar-refractivity contribution in [1.82, 2.24) is 4.57 Å². The molecule has 0 unspecified atom stereocenters. The Kier molecular flexibility index (Phi) is 7.16. The van der Waals surface area contributed by atoms with Gasteiger partial charge >= 0.3 is 5.97 Å². The van der Waals surface area contributed by atoms with Crippen molar-refractivity contribution in [2.45, 2.75) is 39.8 Å². The molecular formula is C26H25N3O6S. The summed E-state index contributed by atoms with van der Waals surface area (Å²) in [4.78, 5) is 42.2. The molecule has 0 saturated carbocycles. The van der Waals surface area contributed by atoms with E-state index in [-0.39, 0.29) is 17.4 Å². The minimum Gasteiger partial charge on any atom is -0.494 e. The molecule has 0 amide bonds. The van der Waals surface area contributed by atoms with E-state index in [0.717, 1.165) is 0 Å². The summed E-state index contributed by atoms with van der Waals surface area (Å²) >= 11 is 1.19. The number of carbonyl (C=O) groups excluding carboxylic acids is 1. The minimum atomic E-state index is -0.734. The van der Waals surface area contributed by atoms with E-state index in [0.29, 0.717) is 44.1 Å². The molecule has 0 aliphatic carbocycles. The van der Waals surface area contributed by atoms with Crippen molar-refractivity contribution in [3.8, 4) is 5.75 Å². The first-order valence-electron chi connectivity index (χ1n) is 11.4. The number of hydrogen-bond acceptors (Lipinski definition) is 8. The van der Waals surface area contributed by atoms with Crippen molar-refractivity contribution < 1.29 is 19.2 Å². The lowest BCUT2D eigenvalue weighted by molar-refractivity contribution is -0.384. The highest BCUT2D eigenvalue weighted by Crippen LogP contribution is 2.32. The fourth-order valence-corrected chi connectivity index (χ4v) is 4.98. The molecule has 1 aliphatic rings. The maximum atomic E-state index is 13.6. The van der Waals surface area contributed by atoms with Gasteiger partial charge in [-0.2, -0.15) is 0 Å². The fourth-order valence-electron chi connectivity index (χ4n) is 3.93.